The molecule has 1 aliphatic heterocycles. The van der Waals surface area contributed by atoms with E-state index in [1.54, 1.807) is 18.8 Å². The van der Waals surface area contributed by atoms with Crippen LogP contribution in [0.15, 0.2) is 48.5 Å². The first-order valence-corrected chi connectivity index (χ1v) is 10.6. The molecule has 1 fully saturated rings. The van der Waals surface area contributed by atoms with Gasteiger partial charge in [-0.25, -0.2) is 4.98 Å². The second-order valence-corrected chi connectivity index (χ2v) is 7.51. The molecule has 2 aromatic heterocycles. The number of hydrogen-bond acceptors (Lipinski definition) is 9. The van der Waals surface area contributed by atoms with Gasteiger partial charge >= 0.3 is 0 Å². The highest BCUT2D eigenvalue weighted by atomic mass is 16.5. The SMILES string of the molecule is COc1cccc(Nc2nc(N3CCOCC3)c3nc(N)n(-c4cccc(OC)c4)c3n2)c1. The maximum Gasteiger partial charge on any atom is 0.231 e. The summed E-state index contributed by atoms with van der Waals surface area (Å²) in [5.41, 5.74) is 9.22. The molecule has 5 rings (SSSR count). The van der Waals surface area contributed by atoms with E-state index in [0.717, 1.165) is 17.1 Å². The molecule has 2 aromatic carbocycles. The number of morpholine rings is 1. The lowest BCUT2D eigenvalue weighted by atomic mass is 10.3. The number of rotatable bonds is 6. The number of fused-ring (bicyclic) bond motifs is 1. The number of nitrogens with zero attached hydrogens (tertiary/aromatic N) is 5. The van der Waals surface area contributed by atoms with Gasteiger partial charge in [0.2, 0.25) is 11.9 Å². The predicted octanol–water partition coefficient (Wildman–Crippen LogP) is 3.00. The van der Waals surface area contributed by atoms with E-state index in [4.69, 9.17) is 29.9 Å². The lowest BCUT2D eigenvalue weighted by molar-refractivity contribution is 0.122. The fraction of sp³-hybridized carbons (Fsp3) is 0.261. The van der Waals surface area contributed by atoms with E-state index >= 15 is 0 Å². The smallest absolute Gasteiger partial charge is 0.231 e. The van der Waals surface area contributed by atoms with Crippen molar-refractivity contribution in [2.45, 2.75) is 0 Å². The van der Waals surface area contributed by atoms with Crippen LogP contribution >= 0.6 is 0 Å². The summed E-state index contributed by atoms with van der Waals surface area (Å²) in [6, 6.07) is 15.2. The maximum atomic E-state index is 6.38. The fourth-order valence-electron chi connectivity index (χ4n) is 3.85. The molecule has 33 heavy (non-hydrogen) atoms. The first-order valence-electron chi connectivity index (χ1n) is 10.6. The fourth-order valence-corrected chi connectivity index (χ4v) is 3.85. The monoisotopic (exact) mass is 447 g/mol. The van der Waals surface area contributed by atoms with Gasteiger partial charge in [-0.2, -0.15) is 9.97 Å². The predicted molar refractivity (Wildman–Crippen MR) is 127 cm³/mol. The quantitative estimate of drug-likeness (QED) is 0.460. The number of benzene rings is 2. The highest BCUT2D eigenvalue weighted by Gasteiger charge is 2.23. The summed E-state index contributed by atoms with van der Waals surface area (Å²) in [5.74, 6) is 2.91. The number of ether oxygens (including phenoxy) is 3. The summed E-state index contributed by atoms with van der Waals surface area (Å²) in [5, 5.41) is 3.29. The molecule has 170 valence electrons. The highest BCUT2D eigenvalue weighted by molar-refractivity contribution is 5.89. The standard InChI is InChI=1S/C23H25N7O3/c1-31-17-7-3-5-15(13-17)25-23-27-20(29-9-11-33-12-10-29)19-21(28-23)30(22(24)26-19)16-6-4-8-18(14-16)32-2/h3-8,13-14H,9-12H2,1-2H3,(H2,24,26)(H,25,27,28). The van der Waals surface area contributed by atoms with Gasteiger partial charge in [-0.1, -0.05) is 12.1 Å². The molecule has 0 saturated carbocycles. The Labute approximate surface area is 190 Å². The van der Waals surface area contributed by atoms with Crippen LogP contribution in [0.25, 0.3) is 16.9 Å². The van der Waals surface area contributed by atoms with Crippen LogP contribution in [0, 0.1) is 0 Å². The molecule has 0 unspecified atom stereocenters. The van der Waals surface area contributed by atoms with Crippen LogP contribution in [0.1, 0.15) is 0 Å². The van der Waals surface area contributed by atoms with Crippen molar-refractivity contribution in [3.63, 3.8) is 0 Å². The minimum absolute atomic E-state index is 0.320. The third-order valence-electron chi connectivity index (χ3n) is 5.46. The van der Waals surface area contributed by atoms with Gasteiger partial charge in [0.25, 0.3) is 0 Å². The Hall–Kier alpha value is -4.05. The van der Waals surface area contributed by atoms with Gasteiger partial charge in [0.15, 0.2) is 17.0 Å². The molecule has 0 aliphatic carbocycles. The molecule has 0 spiro atoms. The minimum atomic E-state index is 0.320. The van der Waals surface area contributed by atoms with Crippen molar-refractivity contribution >= 4 is 34.6 Å². The topological polar surface area (TPSA) is 113 Å². The van der Waals surface area contributed by atoms with Gasteiger partial charge in [-0.3, -0.25) is 4.57 Å². The Morgan fingerprint density at radius 2 is 1.67 bits per heavy atom. The molecule has 3 heterocycles. The largest absolute Gasteiger partial charge is 0.497 e. The van der Waals surface area contributed by atoms with E-state index in [1.165, 1.54) is 0 Å². The Morgan fingerprint density at radius 3 is 2.42 bits per heavy atom. The molecule has 4 aromatic rings. The third kappa shape index (κ3) is 4.08. The maximum absolute atomic E-state index is 6.38. The first-order chi connectivity index (χ1) is 16.2. The molecule has 1 saturated heterocycles. The number of imidazole rings is 1. The van der Waals surface area contributed by atoms with Crippen molar-refractivity contribution in [2.75, 3.05) is 56.5 Å². The molecule has 10 heteroatoms. The van der Waals surface area contributed by atoms with E-state index in [1.807, 2.05) is 48.5 Å². The van der Waals surface area contributed by atoms with Crippen molar-refractivity contribution < 1.29 is 14.2 Å². The zero-order chi connectivity index (χ0) is 22.8. The summed E-state index contributed by atoms with van der Waals surface area (Å²) in [6.07, 6.45) is 0. The second-order valence-electron chi connectivity index (χ2n) is 7.51. The van der Waals surface area contributed by atoms with Crippen LogP contribution in [0.3, 0.4) is 0 Å². The summed E-state index contributed by atoms with van der Waals surface area (Å²) in [7, 11) is 3.26. The van der Waals surface area contributed by atoms with Crippen molar-refractivity contribution in [2.24, 2.45) is 0 Å². The second kappa shape index (κ2) is 8.83. The lowest BCUT2D eigenvalue weighted by Gasteiger charge is -2.28. The molecule has 0 radical (unpaired) electrons. The summed E-state index contributed by atoms with van der Waals surface area (Å²) in [4.78, 5) is 16.4. The third-order valence-corrected chi connectivity index (χ3v) is 5.46. The van der Waals surface area contributed by atoms with Crippen LogP contribution in [-0.2, 0) is 4.74 Å². The van der Waals surface area contributed by atoms with Crippen LogP contribution in [0.5, 0.6) is 11.5 Å². The Bertz CT molecular complexity index is 1280. The normalized spacial score (nSPS) is 13.8. The molecular weight excluding hydrogens is 422 g/mol. The van der Waals surface area contributed by atoms with E-state index < -0.39 is 0 Å². The zero-order valence-electron chi connectivity index (χ0n) is 18.5. The molecule has 1 aliphatic rings. The number of aromatic nitrogens is 4. The van der Waals surface area contributed by atoms with Crippen LogP contribution in [0.2, 0.25) is 0 Å². The van der Waals surface area contributed by atoms with Gasteiger partial charge in [0.05, 0.1) is 33.1 Å². The van der Waals surface area contributed by atoms with Crippen molar-refractivity contribution in [1.29, 1.82) is 0 Å². The van der Waals surface area contributed by atoms with Crippen LogP contribution in [-0.4, -0.2) is 60.0 Å². The Morgan fingerprint density at radius 1 is 0.939 bits per heavy atom. The average Bonchev–Trinajstić information content (AvgIpc) is 3.19. The first kappa shape index (κ1) is 20.8. The number of nitrogens with two attached hydrogens (primary N) is 1. The summed E-state index contributed by atoms with van der Waals surface area (Å²) >= 11 is 0. The Balaban J connectivity index is 1.67. The molecule has 0 bridgehead atoms. The zero-order valence-corrected chi connectivity index (χ0v) is 18.5. The number of hydrogen-bond donors (Lipinski definition) is 2. The number of methoxy groups -OCH3 is 2. The van der Waals surface area contributed by atoms with Crippen molar-refractivity contribution in [3.05, 3.63) is 48.5 Å². The molecule has 10 nitrogen and oxygen atoms in total. The molecule has 0 amide bonds. The van der Waals surface area contributed by atoms with Crippen molar-refractivity contribution in [1.82, 2.24) is 19.5 Å². The van der Waals surface area contributed by atoms with Crippen molar-refractivity contribution in [3.8, 4) is 17.2 Å². The summed E-state index contributed by atoms with van der Waals surface area (Å²) in [6.45, 7) is 2.65. The van der Waals surface area contributed by atoms with Gasteiger partial charge < -0.3 is 30.2 Å². The van der Waals surface area contributed by atoms with E-state index in [2.05, 4.69) is 15.2 Å². The number of anilines is 4. The van der Waals surface area contributed by atoms with Crippen LogP contribution in [0.4, 0.5) is 23.4 Å². The Kier molecular flexibility index (Phi) is 5.57. The minimum Gasteiger partial charge on any atom is -0.497 e. The number of nitrogen functional groups attached to an aromatic ring is 1. The van der Waals surface area contributed by atoms with Gasteiger partial charge in [0, 0.05) is 30.9 Å². The van der Waals surface area contributed by atoms with E-state index in [0.29, 0.717) is 60.9 Å². The molecule has 0 atom stereocenters. The summed E-state index contributed by atoms with van der Waals surface area (Å²) < 4.78 is 18.1. The number of nitrogens with one attached hydrogen (secondary N) is 1. The van der Waals surface area contributed by atoms with E-state index in [9.17, 15) is 0 Å². The van der Waals surface area contributed by atoms with E-state index in [-0.39, 0.29) is 0 Å². The van der Waals surface area contributed by atoms with Gasteiger partial charge in [-0.15, -0.1) is 0 Å². The van der Waals surface area contributed by atoms with Gasteiger partial charge in [-0.05, 0) is 24.3 Å². The lowest BCUT2D eigenvalue weighted by Crippen LogP contribution is -2.37. The molecule has 3 N–H and O–H groups in total. The highest BCUT2D eigenvalue weighted by Crippen LogP contribution is 2.31. The van der Waals surface area contributed by atoms with Crippen LogP contribution < -0.4 is 25.4 Å². The van der Waals surface area contributed by atoms with Gasteiger partial charge in [0.1, 0.15) is 11.5 Å². The molecular formula is C23H25N7O3. The average molecular weight is 447 g/mol.